The molecule has 132 valence electrons. The van der Waals surface area contributed by atoms with Gasteiger partial charge in [-0.15, -0.1) is 0 Å². The van der Waals surface area contributed by atoms with E-state index in [1.54, 1.807) is 0 Å². The lowest BCUT2D eigenvalue weighted by molar-refractivity contribution is -0.383. The van der Waals surface area contributed by atoms with Crippen molar-refractivity contribution in [1.82, 2.24) is 9.97 Å². The van der Waals surface area contributed by atoms with Crippen LogP contribution in [0.5, 0.6) is 0 Å². The van der Waals surface area contributed by atoms with Crippen LogP contribution >= 0.6 is 0 Å². The molecule has 2 fully saturated rings. The molecular formula is C16H26N6O2. The van der Waals surface area contributed by atoms with Crippen molar-refractivity contribution >= 4 is 23.3 Å². The molecule has 1 aromatic rings. The summed E-state index contributed by atoms with van der Waals surface area (Å²) in [4.78, 5) is 24.0. The maximum absolute atomic E-state index is 11.5. The van der Waals surface area contributed by atoms with Crippen molar-refractivity contribution in [3.8, 4) is 0 Å². The van der Waals surface area contributed by atoms with Crippen LogP contribution in [0.25, 0.3) is 0 Å². The van der Waals surface area contributed by atoms with Gasteiger partial charge in [0.25, 0.3) is 0 Å². The first kappa shape index (κ1) is 16.7. The Bertz CT molecular complexity index is 615. The Morgan fingerprint density at radius 3 is 2.42 bits per heavy atom. The van der Waals surface area contributed by atoms with Crippen LogP contribution in [0.3, 0.4) is 0 Å². The van der Waals surface area contributed by atoms with Gasteiger partial charge in [0.05, 0.1) is 4.92 Å². The van der Waals surface area contributed by atoms with Crippen molar-refractivity contribution in [2.75, 3.05) is 41.7 Å². The number of nitrogens with zero attached hydrogens (tertiary/aromatic N) is 5. The van der Waals surface area contributed by atoms with E-state index in [1.807, 2.05) is 4.90 Å². The fourth-order valence-corrected chi connectivity index (χ4v) is 3.58. The third kappa shape index (κ3) is 3.37. The average molecular weight is 334 g/mol. The number of hydrogen-bond acceptors (Lipinski definition) is 7. The molecule has 2 N–H and O–H groups in total. The van der Waals surface area contributed by atoms with Gasteiger partial charge in [-0.3, -0.25) is 10.1 Å². The number of nitro groups is 1. The third-order valence-electron chi connectivity index (χ3n) is 5.09. The Kier molecular flexibility index (Phi) is 4.73. The van der Waals surface area contributed by atoms with E-state index >= 15 is 0 Å². The van der Waals surface area contributed by atoms with Crippen molar-refractivity contribution < 1.29 is 4.92 Å². The topological polar surface area (TPSA) is 101 Å². The van der Waals surface area contributed by atoms with Gasteiger partial charge in [0.1, 0.15) is 0 Å². The molecule has 8 heteroatoms. The highest BCUT2D eigenvalue weighted by Crippen LogP contribution is 2.35. The van der Waals surface area contributed by atoms with Crippen molar-refractivity contribution in [2.45, 2.75) is 39.5 Å². The van der Waals surface area contributed by atoms with Gasteiger partial charge in [-0.25, -0.2) is 0 Å². The first-order chi connectivity index (χ1) is 11.5. The van der Waals surface area contributed by atoms with Crippen LogP contribution in [0.15, 0.2) is 0 Å². The Hall–Kier alpha value is -2.12. The minimum atomic E-state index is -0.452. The molecule has 3 heterocycles. The van der Waals surface area contributed by atoms with Crippen LogP contribution in [0.4, 0.5) is 23.3 Å². The van der Waals surface area contributed by atoms with Crippen molar-refractivity contribution in [1.29, 1.82) is 0 Å². The summed E-state index contributed by atoms with van der Waals surface area (Å²) in [5, 5.41) is 11.5. The maximum atomic E-state index is 11.5. The van der Waals surface area contributed by atoms with Gasteiger partial charge < -0.3 is 15.5 Å². The lowest BCUT2D eigenvalue weighted by Crippen LogP contribution is -2.37. The predicted molar refractivity (Wildman–Crippen MR) is 94.3 cm³/mol. The molecule has 8 nitrogen and oxygen atoms in total. The summed E-state index contributed by atoms with van der Waals surface area (Å²) in [5.41, 5.74) is 5.80. The van der Waals surface area contributed by atoms with Gasteiger partial charge in [0.2, 0.25) is 17.6 Å². The summed E-state index contributed by atoms with van der Waals surface area (Å²) in [6.07, 6.45) is 4.31. The molecule has 1 atom stereocenters. The summed E-state index contributed by atoms with van der Waals surface area (Å²) >= 11 is 0. The molecular weight excluding hydrogens is 308 g/mol. The second kappa shape index (κ2) is 6.78. The van der Waals surface area contributed by atoms with Crippen LogP contribution in [0.2, 0.25) is 0 Å². The number of piperidine rings is 2. The molecule has 0 aliphatic carbocycles. The Balaban J connectivity index is 1.96. The van der Waals surface area contributed by atoms with Crippen LogP contribution < -0.4 is 15.5 Å². The second-order valence-corrected chi connectivity index (χ2v) is 7.20. The molecule has 0 bridgehead atoms. The smallest absolute Gasteiger partial charge is 0.353 e. The number of nitrogens with two attached hydrogens (primary N) is 1. The Morgan fingerprint density at radius 1 is 1.08 bits per heavy atom. The normalized spacial score (nSPS) is 22.7. The maximum Gasteiger partial charge on any atom is 0.353 e. The van der Waals surface area contributed by atoms with E-state index in [1.165, 1.54) is 0 Å². The highest BCUT2D eigenvalue weighted by molar-refractivity contribution is 5.71. The number of rotatable bonds is 3. The predicted octanol–water partition coefficient (Wildman–Crippen LogP) is 2.44. The summed E-state index contributed by atoms with van der Waals surface area (Å²) in [6, 6.07) is 0. The zero-order valence-electron chi connectivity index (χ0n) is 14.4. The van der Waals surface area contributed by atoms with Crippen molar-refractivity contribution in [2.24, 2.45) is 11.8 Å². The van der Waals surface area contributed by atoms with Gasteiger partial charge in [-0.05, 0) is 37.5 Å². The standard InChI is InChI=1S/C16H26N6O2/c1-11-5-8-20(9-6-11)16-18-14(17)13(22(23)24)15(19-16)21-7-3-4-12(2)10-21/h11-12H,3-10H2,1-2H3,(H2,17,18,19)/t12-/m0/s1. The molecule has 0 radical (unpaired) electrons. The SMILES string of the molecule is CC1CCN(c2nc(N)c([N+](=O)[O-])c(N3CCC[C@H](C)C3)n2)CC1. The first-order valence-corrected chi connectivity index (χ1v) is 8.77. The zero-order valence-corrected chi connectivity index (χ0v) is 14.4. The van der Waals surface area contributed by atoms with E-state index in [2.05, 4.69) is 28.7 Å². The van der Waals surface area contributed by atoms with Crippen LogP contribution in [-0.4, -0.2) is 41.1 Å². The molecule has 2 aliphatic heterocycles. The lowest BCUT2D eigenvalue weighted by atomic mass is 9.99. The molecule has 0 unspecified atom stereocenters. The van der Waals surface area contributed by atoms with E-state index in [-0.39, 0.29) is 11.5 Å². The lowest BCUT2D eigenvalue weighted by Gasteiger charge is -2.33. The van der Waals surface area contributed by atoms with E-state index in [4.69, 9.17) is 5.73 Å². The molecule has 0 amide bonds. The highest BCUT2D eigenvalue weighted by atomic mass is 16.6. The van der Waals surface area contributed by atoms with E-state index < -0.39 is 4.92 Å². The van der Waals surface area contributed by atoms with Gasteiger partial charge in [-0.1, -0.05) is 13.8 Å². The van der Waals surface area contributed by atoms with Crippen molar-refractivity contribution in [3.05, 3.63) is 10.1 Å². The quantitative estimate of drug-likeness (QED) is 0.669. The van der Waals surface area contributed by atoms with Crippen molar-refractivity contribution in [3.63, 3.8) is 0 Å². The summed E-state index contributed by atoms with van der Waals surface area (Å²) in [6.45, 7) is 7.69. The molecule has 24 heavy (non-hydrogen) atoms. The van der Waals surface area contributed by atoms with Crippen LogP contribution in [0, 0.1) is 22.0 Å². The minimum Gasteiger partial charge on any atom is -0.378 e. The Labute approximate surface area is 142 Å². The molecule has 2 saturated heterocycles. The fraction of sp³-hybridized carbons (Fsp3) is 0.750. The van der Waals surface area contributed by atoms with Gasteiger partial charge in [0.15, 0.2) is 0 Å². The van der Waals surface area contributed by atoms with Gasteiger partial charge >= 0.3 is 5.69 Å². The molecule has 0 saturated carbocycles. The molecule has 1 aromatic heterocycles. The Morgan fingerprint density at radius 2 is 1.79 bits per heavy atom. The summed E-state index contributed by atoms with van der Waals surface area (Å²) < 4.78 is 0. The fourth-order valence-electron chi connectivity index (χ4n) is 3.58. The van der Waals surface area contributed by atoms with E-state index in [0.717, 1.165) is 51.9 Å². The molecule has 0 spiro atoms. The average Bonchev–Trinajstić information content (AvgIpc) is 2.54. The number of hydrogen-bond donors (Lipinski definition) is 1. The van der Waals surface area contributed by atoms with Gasteiger partial charge in [-0.2, -0.15) is 9.97 Å². The monoisotopic (exact) mass is 334 g/mol. The highest BCUT2D eigenvalue weighted by Gasteiger charge is 2.31. The zero-order chi connectivity index (χ0) is 17.3. The minimum absolute atomic E-state index is 0.0307. The first-order valence-electron chi connectivity index (χ1n) is 8.77. The molecule has 0 aromatic carbocycles. The number of anilines is 3. The van der Waals surface area contributed by atoms with E-state index in [0.29, 0.717) is 23.6 Å². The largest absolute Gasteiger partial charge is 0.378 e. The van der Waals surface area contributed by atoms with E-state index in [9.17, 15) is 10.1 Å². The van der Waals surface area contributed by atoms with Gasteiger partial charge in [0, 0.05) is 26.2 Å². The molecule has 3 rings (SSSR count). The number of aromatic nitrogens is 2. The third-order valence-corrected chi connectivity index (χ3v) is 5.09. The van der Waals surface area contributed by atoms with Crippen LogP contribution in [-0.2, 0) is 0 Å². The summed E-state index contributed by atoms with van der Waals surface area (Å²) in [7, 11) is 0. The number of nitrogen functional groups attached to an aromatic ring is 1. The molecule has 2 aliphatic rings. The summed E-state index contributed by atoms with van der Waals surface area (Å²) in [5.74, 6) is 2.07. The second-order valence-electron chi connectivity index (χ2n) is 7.20. The van der Waals surface area contributed by atoms with Crippen LogP contribution in [0.1, 0.15) is 39.5 Å².